The average Bonchev–Trinajstić information content (AvgIpc) is 2.82. The third kappa shape index (κ3) is 3.03. The lowest BCUT2D eigenvalue weighted by Crippen LogP contribution is -2.32. The van der Waals surface area contributed by atoms with E-state index in [2.05, 4.69) is 26.5 Å². The quantitative estimate of drug-likeness (QED) is 0.635. The number of aromatic nitrogens is 2. The summed E-state index contributed by atoms with van der Waals surface area (Å²) in [5.41, 5.74) is 4.11. The van der Waals surface area contributed by atoms with Crippen LogP contribution in [-0.4, -0.2) is 9.78 Å². The van der Waals surface area contributed by atoms with E-state index in [1.54, 1.807) is 18.3 Å². The molecule has 2 rings (SSSR count). The van der Waals surface area contributed by atoms with E-state index >= 15 is 0 Å². The Morgan fingerprint density at radius 3 is 2.95 bits per heavy atom. The van der Waals surface area contributed by atoms with E-state index in [1.165, 1.54) is 6.07 Å². The van der Waals surface area contributed by atoms with Gasteiger partial charge in [-0.25, -0.2) is 4.39 Å². The van der Waals surface area contributed by atoms with Gasteiger partial charge in [0.05, 0.1) is 27.4 Å². The van der Waals surface area contributed by atoms with Crippen molar-refractivity contribution in [3.05, 3.63) is 51.0 Å². The van der Waals surface area contributed by atoms with Gasteiger partial charge in [0.15, 0.2) is 0 Å². The van der Waals surface area contributed by atoms with E-state index in [0.29, 0.717) is 18.5 Å². The van der Waals surface area contributed by atoms with E-state index in [0.717, 1.165) is 10.2 Å². The molecule has 0 spiro atoms. The molecule has 108 valence electrons. The van der Waals surface area contributed by atoms with Crippen molar-refractivity contribution >= 4 is 27.5 Å². The van der Waals surface area contributed by atoms with Crippen molar-refractivity contribution in [1.82, 2.24) is 15.2 Å². The lowest BCUT2D eigenvalue weighted by molar-refractivity contribution is 0.479. The maximum Gasteiger partial charge on any atom is 0.145 e. The first-order valence-corrected chi connectivity index (χ1v) is 7.35. The van der Waals surface area contributed by atoms with E-state index in [4.69, 9.17) is 17.4 Å². The summed E-state index contributed by atoms with van der Waals surface area (Å²) in [4.78, 5) is 0. The molecular formula is C13H15BrClFN4. The van der Waals surface area contributed by atoms with Crippen LogP contribution in [0.15, 0.2) is 28.9 Å². The maximum absolute atomic E-state index is 14.0. The van der Waals surface area contributed by atoms with Crippen molar-refractivity contribution in [2.45, 2.75) is 25.9 Å². The van der Waals surface area contributed by atoms with Gasteiger partial charge >= 0.3 is 0 Å². The number of aryl methyl sites for hydroxylation is 1. The second kappa shape index (κ2) is 6.67. The summed E-state index contributed by atoms with van der Waals surface area (Å²) in [5.74, 6) is 5.22. The SMILES string of the molecule is CCn1ncc(Br)c1C(Cc1cccc(Cl)c1F)NN. The highest BCUT2D eigenvalue weighted by Gasteiger charge is 2.21. The highest BCUT2D eigenvalue weighted by atomic mass is 79.9. The maximum atomic E-state index is 14.0. The molecule has 0 saturated carbocycles. The second-order valence-electron chi connectivity index (χ2n) is 4.33. The number of nitrogens with one attached hydrogen (secondary N) is 1. The lowest BCUT2D eigenvalue weighted by Gasteiger charge is -2.18. The van der Waals surface area contributed by atoms with Crippen molar-refractivity contribution in [1.29, 1.82) is 0 Å². The van der Waals surface area contributed by atoms with Gasteiger partial charge in [-0.1, -0.05) is 23.7 Å². The molecule has 7 heteroatoms. The van der Waals surface area contributed by atoms with Gasteiger partial charge in [0, 0.05) is 6.54 Å². The van der Waals surface area contributed by atoms with E-state index in [1.807, 2.05) is 11.6 Å². The first kappa shape index (κ1) is 15.4. The van der Waals surface area contributed by atoms with Gasteiger partial charge < -0.3 is 0 Å². The Morgan fingerprint density at radius 1 is 1.55 bits per heavy atom. The molecule has 0 radical (unpaired) electrons. The summed E-state index contributed by atoms with van der Waals surface area (Å²) in [5, 5.41) is 4.35. The standard InChI is InChI=1S/C13H15BrClFN4/c1-2-20-13(9(14)7-18-20)11(19-17)6-8-4-3-5-10(15)12(8)16/h3-5,7,11,19H,2,6,17H2,1H3. The van der Waals surface area contributed by atoms with Gasteiger partial charge in [-0.3, -0.25) is 16.0 Å². The summed E-state index contributed by atoms with van der Waals surface area (Å²) in [6.07, 6.45) is 2.09. The van der Waals surface area contributed by atoms with Gasteiger partial charge in [0.25, 0.3) is 0 Å². The predicted octanol–water partition coefficient (Wildman–Crippen LogP) is 3.21. The van der Waals surface area contributed by atoms with E-state index < -0.39 is 5.82 Å². The number of rotatable bonds is 5. The van der Waals surface area contributed by atoms with Gasteiger partial charge in [-0.2, -0.15) is 5.10 Å². The number of nitrogens with two attached hydrogens (primary N) is 1. The lowest BCUT2D eigenvalue weighted by atomic mass is 10.0. The van der Waals surface area contributed by atoms with E-state index in [9.17, 15) is 4.39 Å². The zero-order valence-corrected chi connectivity index (χ0v) is 13.2. The number of nitrogens with zero attached hydrogens (tertiary/aromatic N) is 2. The van der Waals surface area contributed by atoms with Crippen molar-refractivity contribution in [2.75, 3.05) is 0 Å². The molecule has 1 unspecified atom stereocenters. The summed E-state index contributed by atoms with van der Waals surface area (Å²) in [7, 11) is 0. The van der Waals surface area contributed by atoms with Gasteiger partial charge in [0.2, 0.25) is 0 Å². The number of hydrogen-bond acceptors (Lipinski definition) is 3. The Morgan fingerprint density at radius 2 is 2.30 bits per heavy atom. The molecule has 0 aliphatic rings. The number of hydrazine groups is 1. The van der Waals surface area contributed by atoms with Gasteiger partial charge in [-0.15, -0.1) is 0 Å². The third-order valence-electron chi connectivity index (χ3n) is 3.12. The van der Waals surface area contributed by atoms with Crippen LogP contribution in [0.4, 0.5) is 4.39 Å². The minimum absolute atomic E-state index is 0.112. The fourth-order valence-electron chi connectivity index (χ4n) is 2.13. The molecule has 20 heavy (non-hydrogen) atoms. The minimum atomic E-state index is -0.409. The van der Waals surface area contributed by atoms with Crippen LogP contribution in [0.2, 0.25) is 5.02 Å². The Balaban J connectivity index is 2.34. The van der Waals surface area contributed by atoms with Crippen molar-refractivity contribution in [2.24, 2.45) is 5.84 Å². The summed E-state index contributed by atoms with van der Waals surface area (Å²) in [6, 6.07) is 4.68. The number of benzene rings is 1. The van der Waals surface area contributed by atoms with Crippen LogP contribution < -0.4 is 11.3 Å². The largest absolute Gasteiger partial charge is 0.271 e. The van der Waals surface area contributed by atoms with Crippen LogP contribution in [0, 0.1) is 5.82 Å². The summed E-state index contributed by atoms with van der Waals surface area (Å²) >= 11 is 9.25. The highest BCUT2D eigenvalue weighted by molar-refractivity contribution is 9.10. The molecule has 1 heterocycles. The van der Waals surface area contributed by atoms with Crippen LogP contribution in [-0.2, 0) is 13.0 Å². The fourth-order valence-corrected chi connectivity index (χ4v) is 2.90. The smallest absolute Gasteiger partial charge is 0.145 e. The predicted molar refractivity (Wildman–Crippen MR) is 80.8 cm³/mol. The summed E-state index contributed by atoms with van der Waals surface area (Å²) in [6.45, 7) is 2.69. The molecule has 1 aromatic heterocycles. The van der Waals surface area contributed by atoms with Crippen LogP contribution in [0.25, 0.3) is 0 Å². The molecule has 1 atom stereocenters. The first-order valence-electron chi connectivity index (χ1n) is 6.18. The van der Waals surface area contributed by atoms with Crippen molar-refractivity contribution < 1.29 is 4.39 Å². The van der Waals surface area contributed by atoms with Crippen LogP contribution in [0.1, 0.15) is 24.2 Å². The normalized spacial score (nSPS) is 12.7. The van der Waals surface area contributed by atoms with Crippen molar-refractivity contribution in [3.63, 3.8) is 0 Å². The Labute approximate surface area is 130 Å². The zero-order valence-electron chi connectivity index (χ0n) is 10.9. The van der Waals surface area contributed by atoms with Crippen LogP contribution in [0.3, 0.4) is 0 Å². The molecule has 4 nitrogen and oxygen atoms in total. The molecule has 0 aliphatic carbocycles. The van der Waals surface area contributed by atoms with Crippen LogP contribution >= 0.6 is 27.5 Å². The number of halogens is 3. The Kier molecular flexibility index (Phi) is 5.15. The van der Waals surface area contributed by atoms with Gasteiger partial charge in [0.1, 0.15) is 5.82 Å². The highest BCUT2D eigenvalue weighted by Crippen LogP contribution is 2.28. The topological polar surface area (TPSA) is 55.9 Å². The minimum Gasteiger partial charge on any atom is -0.271 e. The molecule has 0 bridgehead atoms. The summed E-state index contributed by atoms with van der Waals surface area (Å²) < 4.78 is 16.6. The molecular weight excluding hydrogens is 347 g/mol. The average molecular weight is 362 g/mol. The number of hydrogen-bond donors (Lipinski definition) is 2. The molecule has 0 aliphatic heterocycles. The third-order valence-corrected chi connectivity index (χ3v) is 4.02. The fraction of sp³-hybridized carbons (Fsp3) is 0.308. The van der Waals surface area contributed by atoms with E-state index in [-0.39, 0.29) is 11.1 Å². The first-order chi connectivity index (χ1) is 9.58. The molecule has 2 aromatic rings. The zero-order chi connectivity index (χ0) is 14.7. The van der Waals surface area contributed by atoms with Crippen molar-refractivity contribution in [3.8, 4) is 0 Å². The van der Waals surface area contributed by atoms with Crippen LogP contribution in [0.5, 0.6) is 0 Å². The molecule has 0 saturated heterocycles. The Bertz CT molecular complexity index is 602. The molecule has 0 fully saturated rings. The molecule has 0 amide bonds. The van der Waals surface area contributed by atoms with Gasteiger partial charge in [-0.05, 0) is 40.9 Å². The monoisotopic (exact) mass is 360 g/mol. The molecule has 3 N–H and O–H groups in total. The second-order valence-corrected chi connectivity index (χ2v) is 5.59. The Hall–Kier alpha value is -0.950. The molecule has 1 aromatic carbocycles.